The first kappa shape index (κ1) is 11.2. The molecule has 0 atom stereocenters. The molecule has 50 valence electrons. The second kappa shape index (κ2) is 7.33. The number of rotatable bonds is 0. The maximum absolute atomic E-state index is 8.48. The molecule has 0 unspecified atom stereocenters. The Morgan fingerprint density at radius 3 is 1.12 bits per heavy atom. The fraction of sp³-hybridized carbons (Fsp3) is 0. The van der Waals surface area contributed by atoms with E-state index in [1.807, 2.05) is 0 Å². The van der Waals surface area contributed by atoms with Gasteiger partial charge in [0.15, 0.2) is 0 Å². The van der Waals surface area contributed by atoms with E-state index < -0.39 is 16.9 Å². The highest BCUT2D eigenvalue weighted by Crippen LogP contribution is 1.85. The van der Waals surface area contributed by atoms with E-state index in [4.69, 9.17) is 29.0 Å². The first-order valence-electron chi connectivity index (χ1n) is 1.10. The molecular formula is O6P2-4. The van der Waals surface area contributed by atoms with Crippen molar-refractivity contribution < 1.29 is 29.0 Å². The first-order chi connectivity index (χ1) is 3.46. The third-order valence-corrected chi connectivity index (χ3v) is 0. The molecule has 0 aliphatic carbocycles. The van der Waals surface area contributed by atoms with E-state index in [-0.39, 0.29) is 0 Å². The van der Waals surface area contributed by atoms with Gasteiger partial charge >= 0.3 is 0 Å². The van der Waals surface area contributed by atoms with Gasteiger partial charge in [0.05, 0.1) is 0 Å². The van der Waals surface area contributed by atoms with Crippen molar-refractivity contribution in [2.45, 2.75) is 0 Å². The van der Waals surface area contributed by atoms with Crippen molar-refractivity contribution in [1.82, 2.24) is 0 Å². The van der Waals surface area contributed by atoms with Crippen molar-refractivity contribution in [2.24, 2.45) is 0 Å². The molecule has 0 amide bonds. The van der Waals surface area contributed by atoms with Crippen LogP contribution in [0, 0.1) is 0 Å². The summed E-state index contributed by atoms with van der Waals surface area (Å²) in [5, 5.41) is 0. The first-order valence-corrected chi connectivity index (χ1v) is 3.29. The predicted octanol–water partition coefficient (Wildman–Crippen LogP) is -4.34. The molecule has 0 aliphatic rings. The zero-order chi connectivity index (χ0) is 7.15. The summed E-state index contributed by atoms with van der Waals surface area (Å²) in [6.45, 7) is 0. The van der Waals surface area contributed by atoms with E-state index in [1.165, 1.54) is 0 Å². The Labute approximate surface area is 47.0 Å². The third kappa shape index (κ3) is 1650. The lowest BCUT2D eigenvalue weighted by molar-refractivity contribution is -0.407. The molecule has 0 rings (SSSR count). The lowest BCUT2D eigenvalue weighted by Gasteiger charge is -2.39. The molecule has 6 nitrogen and oxygen atoms in total. The van der Waals surface area contributed by atoms with Gasteiger partial charge in [0.1, 0.15) is 0 Å². The second-order valence-corrected chi connectivity index (χ2v) is 1.34. The van der Waals surface area contributed by atoms with Gasteiger partial charge in [-0.2, -0.15) is 0 Å². The van der Waals surface area contributed by atoms with Crippen LogP contribution in [-0.2, 0) is 4.57 Å². The highest BCUT2D eigenvalue weighted by molar-refractivity contribution is 7.33. The molecule has 0 fully saturated rings. The Hall–Kier alpha value is 0.330. The number of hydrogen-bond acceptors (Lipinski definition) is 6. The molecule has 0 heterocycles. The van der Waals surface area contributed by atoms with Crippen LogP contribution in [0.1, 0.15) is 0 Å². The third-order valence-electron chi connectivity index (χ3n) is 0. The molecule has 0 saturated heterocycles. The van der Waals surface area contributed by atoms with Crippen molar-refractivity contribution in [3.05, 3.63) is 0 Å². The smallest absolute Gasteiger partial charge is 0.276 e. The summed E-state index contributed by atoms with van der Waals surface area (Å²) >= 11 is 0. The molecule has 0 bridgehead atoms. The Morgan fingerprint density at radius 2 is 1.12 bits per heavy atom. The minimum Gasteiger partial charge on any atom is -0.854 e. The zero-order valence-electron chi connectivity index (χ0n) is 3.34. The van der Waals surface area contributed by atoms with Gasteiger partial charge in [-0.15, -0.1) is 0 Å². The molecule has 0 aromatic carbocycles. The van der Waals surface area contributed by atoms with Crippen molar-refractivity contribution >= 4 is 16.9 Å². The van der Waals surface area contributed by atoms with Crippen LogP contribution in [0.3, 0.4) is 0 Å². The lowest BCUT2D eigenvalue weighted by atomic mass is 15.8. The molecule has 0 N–H and O–H groups in total. The topological polar surface area (TPSA) is 132 Å². The molecule has 0 aromatic heterocycles. The Balaban J connectivity index is 0. The standard InChI is InChI=1S/HO3P.O3P/c2*1-4(2)3/h(H,1,2,3);/q;-3/p-1. The molecular weight excluding hydrogens is 158 g/mol. The van der Waals surface area contributed by atoms with E-state index in [0.717, 1.165) is 0 Å². The number of hydrogen-bond donors (Lipinski definition) is 0. The highest BCUT2D eigenvalue weighted by Gasteiger charge is 1.53. The molecule has 0 aliphatic heterocycles. The van der Waals surface area contributed by atoms with Crippen LogP contribution < -0.4 is 24.5 Å². The Bertz CT molecular complexity index is 50.8. The average Bonchev–Trinajstić information content (AvgIpc) is 1.25. The van der Waals surface area contributed by atoms with Crippen LogP contribution in [0.4, 0.5) is 0 Å². The Kier molecular flexibility index (Phi) is 10.2. The lowest BCUT2D eigenvalue weighted by Crippen LogP contribution is -2.18. The normalized spacial score (nSPS) is 7.75. The molecule has 8 heteroatoms. The molecule has 0 aromatic rings. The van der Waals surface area contributed by atoms with Gasteiger partial charge in [-0.1, -0.05) is 4.57 Å². The van der Waals surface area contributed by atoms with E-state index in [0.29, 0.717) is 0 Å². The minimum absolute atomic E-state index is 3.37. The maximum atomic E-state index is 8.48. The second-order valence-electron chi connectivity index (χ2n) is 0.447. The fourth-order valence-electron chi connectivity index (χ4n) is 0. The van der Waals surface area contributed by atoms with E-state index in [2.05, 4.69) is 0 Å². The van der Waals surface area contributed by atoms with Crippen molar-refractivity contribution in [1.29, 1.82) is 0 Å². The zero-order valence-corrected chi connectivity index (χ0v) is 5.13. The molecule has 0 spiro atoms. The minimum atomic E-state index is -3.37. The molecule has 0 radical (unpaired) electrons. The summed E-state index contributed by atoms with van der Waals surface area (Å²) in [6.07, 6.45) is 0. The van der Waals surface area contributed by atoms with Crippen molar-refractivity contribution in [2.75, 3.05) is 0 Å². The summed E-state index contributed by atoms with van der Waals surface area (Å²) in [4.78, 5) is 42.4. The van der Waals surface area contributed by atoms with Crippen LogP contribution in [0.25, 0.3) is 0 Å². The summed E-state index contributed by atoms with van der Waals surface area (Å²) in [7, 11) is -6.74. The van der Waals surface area contributed by atoms with E-state index >= 15 is 0 Å². The Morgan fingerprint density at radius 1 is 1.12 bits per heavy atom. The summed E-state index contributed by atoms with van der Waals surface area (Å²) in [5.74, 6) is 0. The van der Waals surface area contributed by atoms with Gasteiger partial charge < -0.3 is 33.1 Å². The van der Waals surface area contributed by atoms with Gasteiger partial charge in [0, 0.05) is 0 Å². The van der Waals surface area contributed by atoms with Crippen molar-refractivity contribution in [3.63, 3.8) is 0 Å². The van der Waals surface area contributed by atoms with E-state index in [9.17, 15) is 0 Å². The molecule has 0 saturated carbocycles. The van der Waals surface area contributed by atoms with Gasteiger partial charge in [-0.05, 0) is 0 Å². The fourth-order valence-corrected chi connectivity index (χ4v) is 0. The maximum Gasteiger partial charge on any atom is 0.276 e. The summed E-state index contributed by atoms with van der Waals surface area (Å²) < 4.78 is 8.48. The molecule has 8 heavy (non-hydrogen) atoms. The van der Waals surface area contributed by atoms with Gasteiger partial charge in [0.2, 0.25) is 0 Å². The predicted molar refractivity (Wildman–Crippen MR) is 14.5 cm³/mol. The highest BCUT2D eigenvalue weighted by atomic mass is 31.2. The SMILES string of the molecule is O=[P+]([O-])[O-].[O-]P([O-])[O-]. The average molecular weight is 158 g/mol. The van der Waals surface area contributed by atoms with Crippen LogP contribution in [0.2, 0.25) is 0 Å². The van der Waals surface area contributed by atoms with Gasteiger partial charge in [-0.25, -0.2) is 0 Å². The summed E-state index contributed by atoms with van der Waals surface area (Å²) in [5.41, 5.74) is 0. The van der Waals surface area contributed by atoms with Crippen LogP contribution >= 0.6 is 16.9 Å². The van der Waals surface area contributed by atoms with Crippen LogP contribution in [0.15, 0.2) is 0 Å². The quantitative estimate of drug-likeness (QED) is 0.327. The van der Waals surface area contributed by atoms with Gasteiger partial charge in [0.25, 0.3) is 8.25 Å². The summed E-state index contributed by atoms with van der Waals surface area (Å²) in [6, 6.07) is 0. The van der Waals surface area contributed by atoms with E-state index in [1.54, 1.807) is 0 Å². The van der Waals surface area contributed by atoms with Gasteiger partial charge in [-0.3, -0.25) is 0 Å². The van der Waals surface area contributed by atoms with Crippen molar-refractivity contribution in [3.8, 4) is 0 Å². The van der Waals surface area contributed by atoms with Crippen LogP contribution in [-0.4, -0.2) is 0 Å². The monoisotopic (exact) mass is 158 g/mol. The van der Waals surface area contributed by atoms with Crippen LogP contribution in [0.5, 0.6) is 0 Å². The largest absolute Gasteiger partial charge is 0.854 e.